The van der Waals surface area contributed by atoms with E-state index in [1.165, 1.54) is 25.9 Å². The second-order valence-electron chi connectivity index (χ2n) is 4.39. The number of aromatic nitrogens is 3. The lowest BCUT2D eigenvalue weighted by Gasteiger charge is -2.15. The van der Waals surface area contributed by atoms with E-state index >= 15 is 0 Å². The molecule has 0 saturated carbocycles. The summed E-state index contributed by atoms with van der Waals surface area (Å²) in [6, 6.07) is 0. The molecule has 0 unspecified atom stereocenters. The van der Waals surface area contributed by atoms with Gasteiger partial charge in [0.2, 0.25) is 0 Å². The average Bonchev–Trinajstić information content (AvgIpc) is 2.96. The molecule has 0 aliphatic carbocycles. The lowest BCUT2D eigenvalue weighted by atomic mass is 10.3. The summed E-state index contributed by atoms with van der Waals surface area (Å²) in [6.45, 7) is 5.26. The van der Waals surface area contributed by atoms with E-state index in [-0.39, 0.29) is 0 Å². The number of hydrogen-bond acceptors (Lipinski definition) is 5. The maximum atomic E-state index is 5.63. The van der Waals surface area contributed by atoms with Gasteiger partial charge < -0.3 is 15.4 Å². The molecule has 1 aromatic heterocycles. The number of hydrogen-bond donors (Lipinski definition) is 1. The molecule has 0 aromatic carbocycles. The van der Waals surface area contributed by atoms with Gasteiger partial charge >= 0.3 is 0 Å². The van der Waals surface area contributed by atoms with Crippen molar-refractivity contribution in [2.75, 3.05) is 26.7 Å². The lowest BCUT2D eigenvalue weighted by Crippen LogP contribution is -2.25. The zero-order valence-corrected chi connectivity index (χ0v) is 10.4. The van der Waals surface area contributed by atoms with Crippen LogP contribution in [0.4, 0.5) is 0 Å². The van der Waals surface area contributed by atoms with Crippen molar-refractivity contribution >= 4 is 0 Å². The van der Waals surface area contributed by atoms with Crippen LogP contribution in [0.3, 0.4) is 0 Å². The van der Waals surface area contributed by atoms with Crippen LogP contribution in [0.25, 0.3) is 0 Å². The fraction of sp³-hybridized carbons (Fsp3) is 0.818. The van der Waals surface area contributed by atoms with Gasteiger partial charge in [-0.15, -0.1) is 5.10 Å². The van der Waals surface area contributed by atoms with Crippen LogP contribution in [-0.4, -0.2) is 46.6 Å². The summed E-state index contributed by atoms with van der Waals surface area (Å²) in [5, 5.41) is 8.23. The number of ether oxygens (including phenoxy) is 1. The van der Waals surface area contributed by atoms with E-state index < -0.39 is 0 Å². The van der Waals surface area contributed by atoms with Gasteiger partial charge in [0, 0.05) is 20.2 Å². The van der Waals surface area contributed by atoms with Gasteiger partial charge in [-0.1, -0.05) is 5.21 Å². The zero-order valence-electron chi connectivity index (χ0n) is 10.4. The Morgan fingerprint density at radius 2 is 2.06 bits per heavy atom. The predicted octanol–water partition coefficient (Wildman–Crippen LogP) is -0.0210. The van der Waals surface area contributed by atoms with Crippen LogP contribution in [0.5, 0.6) is 0 Å². The average molecular weight is 239 g/mol. The number of likely N-dealkylation sites (tertiary alicyclic amines) is 1. The van der Waals surface area contributed by atoms with Crippen molar-refractivity contribution in [2.45, 2.75) is 32.5 Å². The summed E-state index contributed by atoms with van der Waals surface area (Å²) in [5.74, 6) is 0. The van der Waals surface area contributed by atoms with Crippen LogP contribution in [0.15, 0.2) is 0 Å². The van der Waals surface area contributed by atoms with Gasteiger partial charge in [0.15, 0.2) is 0 Å². The SMILES string of the molecule is COCc1c(CN)nnn1CCN1CCCC1. The molecule has 0 radical (unpaired) electrons. The minimum absolute atomic E-state index is 0.419. The van der Waals surface area contributed by atoms with E-state index in [1.54, 1.807) is 7.11 Å². The van der Waals surface area contributed by atoms with E-state index in [9.17, 15) is 0 Å². The van der Waals surface area contributed by atoms with Crippen LogP contribution >= 0.6 is 0 Å². The number of methoxy groups -OCH3 is 1. The van der Waals surface area contributed by atoms with Crippen molar-refractivity contribution in [1.29, 1.82) is 0 Å². The summed E-state index contributed by atoms with van der Waals surface area (Å²) in [6.07, 6.45) is 2.63. The first kappa shape index (κ1) is 12.5. The van der Waals surface area contributed by atoms with Crippen LogP contribution in [-0.2, 0) is 24.4 Å². The van der Waals surface area contributed by atoms with Crippen molar-refractivity contribution in [1.82, 2.24) is 19.9 Å². The highest BCUT2D eigenvalue weighted by Crippen LogP contribution is 2.09. The summed E-state index contributed by atoms with van der Waals surface area (Å²) in [7, 11) is 1.68. The third-order valence-corrected chi connectivity index (χ3v) is 3.22. The fourth-order valence-corrected chi connectivity index (χ4v) is 2.24. The van der Waals surface area contributed by atoms with E-state index in [0.717, 1.165) is 24.5 Å². The number of nitrogens with zero attached hydrogens (tertiary/aromatic N) is 4. The Labute approximate surface area is 102 Å². The van der Waals surface area contributed by atoms with E-state index in [1.807, 2.05) is 4.68 Å². The predicted molar refractivity (Wildman–Crippen MR) is 64.3 cm³/mol. The van der Waals surface area contributed by atoms with Gasteiger partial charge in [-0.3, -0.25) is 0 Å². The van der Waals surface area contributed by atoms with Crippen LogP contribution < -0.4 is 5.73 Å². The first-order chi connectivity index (χ1) is 8.35. The van der Waals surface area contributed by atoms with Crippen molar-refractivity contribution in [2.24, 2.45) is 5.73 Å². The minimum atomic E-state index is 0.419. The molecule has 2 heterocycles. The maximum absolute atomic E-state index is 5.63. The van der Waals surface area contributed by atoms with E-state index in [0.29, 0.717) is 13.2 Å². The monoisotopic (exact) mass is 239 g/mol. The molecule has 1 fully saturated rings. The second-order valence-corrected chi connectivity index (χ2v) is 4.39. The van der Waals surface area contributed by atoms with Gasteiger partial charge in [-0.25, -0.2) is 4.68 Å². The molecule has 2 N–H and O–H groups in total. The maximum Gasteiger partial charge on any atom is 0.102 e. The lowest BCUT2D eigenvalue weighted by molar-refractivity contribution is 0.174. The summed E-state index contributed by atoms with van der Waals surface area (Å²) < 4.78 is 7.09. The molecular formula is C11H21N5O. The topological polar surface area (TPSA) is 69.2 Å². The van der Waals surface area contributed by atoms with Gasteiger partial charge in [-0.05, 0) is 25.9 Å². The first-order valence-electron chi connectivity index (χ1n) is 6.17. The molecule has 1 aromatic rings. The number of rotatable bonds is 6. The highest BCUT2D eigenvalue weighted by Gasteiger charge is 2.14. The molecule has 1 saturated heterocycles. The summed E-state index contributed by atoms with van der Waals surface area (Å²) >= 11 is 0. The molecule has 1 aliphatic heterocycles. The summed E-state index contributed by atoms with van der Waals surface area (Å²) in [4.78, 5) is 2.46. The molecule has 0 spiro atoms. The van der Waals surface area contributed by atoms with Crippen molar-refractivity contribution in [3.8, 4) is 0 Å². The highest BCUT2D eigenvalue weighted by atomic mass is 16.5. The largest absolute Gasteiger partial charge is 0.378 e. The zero-order chi connectivity index (χ0) is 12.1. The van der Waals surface area contributed by atoms with Gasteiger partial charge in [0.25, 0.3) is 0 Å². The van der Waals surface area contributed by atoms with Crippen LogP contribution in [0.2, 0.25) is 0 Å². The molecule has 0 atom stereocenters. The van der Waals surface area contributed by atoms with Crippen molar-refractivity contribution < 1.29 is 4.74 Å². The molecule has 96 valence electrons. The molecule has 6 nitrogen and oxygen atoms in total. The number of nitrogens with two attached hydrogens (primary N) is 1. The minimum Gasteiger partial charge on any atom is -0.378 e. The summed E-state index contributed by atoms with van der Waals surface area (Å²) in [5.41, 5.74) is 7.48. The van der Waals surface area contributed by atoms with Crippen LogP contribution in [0.1, 0.15) is 24.2 Å². The molecule has 1 aliphatic rings. The smallest absolute Gasteiger partial charge is 0.102 e. The third kappa shape index (κ3) is 3.02. The van der Waals surface area contributed by atoms with Crippen LogP contribution in [0, 0.1) is 0 Å². The molecule has 2 rings (SSSR count). The Bertz CT molecular complexity index is 346. The third-order valence-electron chi connectivity index (χ3n) is 3.22. The van der Waals surface area contributed by atoms with Crippen molar-refractivity contribution in [3.05, 3.63) is 11.4 Å². The quantitative estimate of drug-likeness (QED) is 0.755. The molecule has 17 heavy (non-hydrogen) atoms. The standard InChI is InChI=1S/C11H21N5O/c1-17-9-11-10(8-12)13-14-16(11)7-6-15-4-2-3-5-15/h2-9,12H2,1H3. The fourth-order valence-electron chi connectivity index (χ4n) is 2.24. The normalized spacial score (nSPS) is 16.8. The molecular weight excluding hydrogens is 218 g/mol. The first-order valence-corrected chi connectivity index (χ1v) is 6.17. The highest BCUT2D eigenvalue weighted by molar-refractivity contribution is 5.08. The van der Waals surface area contributed by atoms with E-state index in [2.05, 4.69) is 15.2 Å². The van der Waals surface area contributed by atoms with Gasteiger partial charge in [0.1, 0.15) is 5.69 Å². The Kier molecular flexibility index (Phi) is 4.47. The molecule has 0 bridgehead atoms. The Hall–Kier alpha value is -0.980. The van der Waals surface area contributed by atoms with Crippen molar-refractivity contribution in [3.63, 3.8) is 0 Å². The van der Waals surface area contributed by atoms with Gasteiger partial charge in [0.05, 0.1) is 18.8 Å². The Balaban J connectivity index is 1.96. The second kappa shape index (κ2) is 6.09. The van der Waals surface area contributed by atoms with E-state index in [4.69, 9.17) is 10.5 Å². The molecule has 6 heteroatoms. The Morgan fingerprint density at radius 1 is 1.29 bits per heavy atom. The Morgan fingerprint density at radius 3 is 2.71 bits per heavy atom. The molecule has 0 amide bonds. The van der Waals surface area contributed by atoms with Gasteiger partial charge in [-0.2, -0.15) is 0 Å².